The van der Waals surface area contributed by atoms with E-state index in [1.54, 1.807) is 28.7 Å². The fourth-order valence-corrected chi connectivity index (χ4v) is 10.5. The molecule has 3 aliphatic heterocycles. The predicted octanol–water partition coefficient (Wildman–Crippen LogP) is -0.172. The number of alkyl halides is 2. The molecule has 9 N–H and O–H groups in total. The Labute approximate surface area is 497 Å². The van der Waals surface area contributed by atoms with Gasteiger partial charge in [0.2, 0.25) is 0 Å². The Morgan fingerprint density at radius 2 is 0.857 bits per heavy atom. The third-order valence-corrected chi connectivity index (χ3v) is 15.5. The van der Waals surface area contributed by atoms with Crippen LogP contribution in [0.5, 0.6) is 0 Å². The van der Waals surface area contributed by atoms with Crippen LogP contribution in [-0.2, 0) is 52.6 Å². The maximum Gasteiger partial charge on any atom is 0.333 e. The number of hydrogen-bond acceptors (Lipinski definition) is 18. The molecule has 456 valence electrons. The quantitative estimate of drug-likeness (QED) is 0.0476. The third kappa shape index (κ3) is 14.2. The Morgan fingerprint density at radius 3 is 1.23 bits per heavy atom. The van der Waals surface area contributed by atoms with E-state index in [0.29, 0.717) is 16.7 Å². The molecule has 84 heavy (non-hydrogen) atoms. The summed E-state index contributed by atoms with van der Waals surface area (Å²) in [5.41, 5.74) is -5.25. The van der Waals surface area contributed by atoms with Gasteiger partial charge in [-0.2, -0.15) is 8.78 Å². The third-order valence-electron chi connectivity index (χ3n) is 13.6. The lowest BCUT2D eigenvalue weighted by Gasteiger charge is -2.22. The van der Waals surface area contributed by atoms with Crippen molar-refractivity contribution in [2.24, 2.45) is 0 Å². The molecule has 9 rings (SSSR count). The van der Waals surface area contributed by atoms with Crippen LogP contribution >= 0.6 is 54.5 Å². The number of benzene rings is 3. The van der Waals surface area contributed by atoms with E-state index in [4.69, 9.17) is 14.2 Å². The molecule has 3 fully saturated rings. The smallest absolute Gasteiger partial charge is 0.333 e. The van der Waals surface area contributed by atoms with Crippen LogP contribution in [0.2, 0.25) is 0 Å². The molecule has 3 aromatic carbocycles. The average Bonchev–Trinajstić information content (AvgIpc) is 2.38. The van der Waals surface area contributed by atoms with Crippen LogP contribution in [0.4, 0.5) is 26.3 Å². The van der Waals surface area contributed by atoms with E-state index in [2.05, 4.69) is 31.9 Å². The molecule has 3 saturated heterocycles. The van der Waals surface area contributed by atoms with Gasteiger partial charge in [0.05, 0.1) is 38.9 Å². The van der Waals surface area contributed by atoms with E-state index in [1.165, 1.54) is 42.6 Å². The zero-order valence-corrected chi connectivity index (χ0v) is 48.3. The molecule has 3 aliphatic rings. The van der Waals surface area contributed by atoms with Crippen LogP contribution in [0.25, 0.3) is 0 Å². The van der Waals surface area contributed by atoms with Crippen molar-refractivity contribution in [3.8, 4) is 0 Å². The standard InChI is InChI=1S/2C17H17BrF2N2O6.C17H17F2IN2O6/c18-10-6-22(16-14(25)13(24)12(7-23)28-16)17(27)21(15(10)26)4-3-8-1-2-9(19)5-11(8)20;18-10-6-21(15-13(25)12(24)11(7-23)28-15)16(27)22(14(10)26)8-17(19,20)9-4-2-1-3-5-9;18-9-2-1-8(10(19)5-9)3-4-21-15(26)11(20)6-22(17(21)27)16-14(25)13(24)12(7-23)28-16/h1-2,5-6,12-14,16,23-25H,3-4,7H2;1-6,11-13,15,23-25H,7-8H2;1-2,5-6,12-14,16,23-25H,3-4,7H2/t12-,13?,14+,16-;11-,12?,13+,15-;12-,13?,14+,16-/m111/s1. The molecular formula is C51H51Br2F6IN6O18. The normalized spacial score (nSPS) is 24.8. The first-order valence-electron chi connectivity index (χ1n) is 24.9. The van der Waals surface area contributed by atoms with Gasteiger partial charge in [-0.25, -0.2) is 31.9 Å². The highest BCUT2D eigenvalue weighted by molar-refractivity contribution is 14.1. The van der Waals surface area contributed by atoms with Crippen LogP contribution in [0, 0.1) is 26.8 Å². The minimum Gasteiger partial charge on any atom is -0.394 e. The van der Waals surface area contributed by atoms with Crippen molar-refractivity contribution in [1.82, 2.24) is 27.4 Å². The lowest BCUT2D eigenvalue weighted by molar-refractivity contribution is -0.0578. The Hall–Kier alpha value is -5.51. The van der Waals surface area contributed by atoms with Gasteiger partial charge in [0, 0.05) is 49.4 Å². The Morgan fingerprint density at radius 1 is 0.500 bits per heavy atom. The lowest BCUT2D eigenvalue weighted by Crippen LogP contribution is -2.46. The SMILES string of the molecule is O=c1c(Br)cn([C@@H]2O[C@H](CO)C(O)[C@@H]2O)c(=O)n1CC(F)(F)c1ccccc1.O=c1c(Br)cn([C@@H]2O[C@H](CO)C(O)[C@@H]2O)c(=O)n1CCc1ccc(F)cc1F.O=c1c(I)cn([C@@H]2O[C@H](CO)C(O)[C@@H]2O)c(=O)n1CCc1ccc(F)cc1F. The molecule has 3 aromatic heterocycles. The van der Waals surface area contributed by atoms with Crippen molar-refractivity contribution in [2.75, 3.05) is 19.8 Å². The zero-order valence-electron chi connectivity index (χ0n) is 43.0. The summed E-state index contributed by atoms with van der Waals surface area (Å²) in [5.74, 6) is -6.59. The monoisotopic (exact) mass is 1430 g/mol. The lowest BCUT2D eigenvalue weighted by atomic mass is 10.1. The number of aliphatic hydroxyl groups is 9. The van der Waals surface area contributed by atoms with E-state index in [1.807, 2.05) is 0 Å². The van der Waals surface area contributed by atoms with Crippen molar-refractivity contribution < 1.29 is 86.5 Å². The number of rotatable bonds is 15. The summed E-state index contributed by atoms with van der Waals surface area (Å²) >= 11 is 7.66. The summed E-state index contributed by atoms with van der Waals surface area (Å²) in [4.78, 5) is 75.3. The molecule has 0 aliphatic carbocycles. The topological polar surface area (TPSA) is 342 Å². The molecule has 0 radical (unpaired) electrons. The van der Waals surface area contributed by atoms with E-state index in [0.717, 1.165) is 47.4 Å². The summed E-state index contributed by atoms with van der Waals surface area (Å²) in [5, 5.41) is 87.5. The molecular weight excluding hydrogens is 1390 g/mol. The minimum absolute atomic E-state index is 0.0237. The molecule has 3 unspecified atom stereocenters. The summed E-state index contributed by atoms with van der Waals surface area (Å²) in [6.07, 6.45) is -13.2. The van der Waals surface area contributed by atoms with Crippen LogP contribution in [0.15, 0.2) is 123 Å². The summed E-state index contributed by atoms with van der Waals surface area (Å²) in [7, 11) is 0. The first-order valence-corrected chi connectivity index (χ1v) is 27.6. The number of hydrogen-bond donors (Lipinski definition) is 9. The fraction of sp³-hybridized carbons (Fsp3) is 0.412. The molecule has 33 heteroatoms. The van der Waals surface area contributed by atoms with E-state index < -0.39 is 163 Å². The second-order valence-corrected chi connectivity index (χ2v) is 21.9. The van der Waals surface area contributed by atoms with Crippen molar-refractivity contribution in [3.63, 3.8) is 0 Å². The highest BCUT2D eigenvalue weighted by Crippen LogP contribution is 2.32. The Bertz CT molecular complexity index is 3550. The van der Waals surface area contributed by atoms with Crippen LogP contribution in [-0.4, -0.2) is 148 Å². The van der Waals surface area contributed by atoms with Crippen LogP contribution in [0.1, 0.15) is 35.4 Å². The average molecular weight is 1440 g/mol. The number of nitrogens with zero attached hydrogens (tertiary/aromatic N) is 6. The summed E-state index contributed by atoms with van der Waals surface area (Å²) < 4.78 is 103. The summed E-state index contributed by atoms with van der Waals surface area (Å²) in [6.45, 7) is -3.40. The number of aromatic nitrogens is 6. The van der Waals surface area contributed by atoms with E-state index >= 15 is 0 Å². The minimum atomic E-state index is -3.52. The van der Waals surface area contributed by atoms with Crippen molar-refractivity contribution in [1.29, 1.82) is 0 Å². The maximum atomic E-state index is 14.6. The second-order valence-electron chi connectivity index (χ2n) is 19.0. The van der Waals surface area contributed by atoms with Gasteiger partial charge in [-0.15, -0.1) is 0 Å². The second kappa shape index (κ2) is 27.9. The largest absolute Gasteiger partial charge is 0.394 e. The molecule has 0 bridgehead atoms. The van der Waals surface area contributed by atoms with Gasteiger partial charge >= 0.3 is 17.1 Å². The fourth-order valence-electron chi connectivity index (χ4n) is 9.06. The number of halogens is 9. The molecule has 6 heterocycles. The van der Waals surface area contributed by atoms with Crippen LogP contribution < -0.4 is 33.7 Å². The molecule has 6 aromatic rings. The number of aliphatic hydroxyl groups excluding tert-OH is 9. The van der Waals surface area contributed by atoms with Crippen LogP contribution in [0.3, 0.4) is 0 Å². The van der Waals surface area contributed by atoms with Crippen molar-refractivity contribution in [2.45, 2.75) is 112 Å². The molecule has 24 nitrogen and oxygen atoms in total. The Balaban J connectivity index is 0.000000181. The number of ether oxygens (including phenoxy) is 3. The van der Waals surface area contributed by atoms with E-state index in [9.17, 15) is 101 Å². The zero-order chi connectivity index (χ0) is 61.8. The van der Waals surface area contributed by atoms with E-state index in [-0.39, 0.29) is 55.1 Å². The van der Waals surface area contributed by atoms with Gasteiger partial charge in [-0.3, -0.25) is 41.8 Å². The summed E-state index contributed by atoms with van der Waals surface area (Å²) in [6, 6.07) is 12.7. The molecule has 12 atom stereocenters. The van der Waals surface area contributed by atoms with Gasteiger partial charge in [0.15, 0.2) is 18.7 Å². The van der Waals surface area contributed by atoms with Crippen molar-refractivity contribution in [3.05, 3.63) is 200 Å². The number of aryl methyl sites for hydroxylation is 2. The highest BCUT2D eigenvalue weighted by Gasteiger charge is 2.47. The highest BCUT2D eigenvalue weighted by atomic mass is 127. The molecule has 0 saturated carbocycles. The van der Waals surface area contributed by atoms with Gasteiger partial charge in [0.25, 0.3) is 22.6 Å². The van der Waals surface area contributed by atoms with Gasteiger partial charge < -0.3 is 60.2 Å². The molecule has 0 amide bonds. The molecule has 0 spiro atoms. The first kappa shape index (κ1) is 66.0. The predicted molar refractivity (Wildman–Crippen MR) is 292 cm³/mol. The van der Waals surface area contributed by atoms with Gasteiger partial charge in [-0.1, -0.05) is 42.5 Å². The van der Waals surface area contributed by atoms with Crippen molar-refractivity contribution >= 4 is 54.5 Å². The van der Waals surface area contributed by atoms with Gasteiger partial charge in [-0.05, 0) is 90.6 Å². The van der Waals surface area contributed by atoms with Gasteiger partial charge in [0.1, 0.15) is 78.2 Å². The first-order chi connectivity index (χ1) is 39.6. The Kier molecular flexibility index (Phi) is 21.9. The maximum absolute atomic E-state index is 14.6.